The van der Waals surface area contributed by atoms with Gasteiger partial charge in [0.25, 0.3) is 0 Å². The van der Waals surface area contributed by atoms with Crippen molar-refractivity contribution in [3.05, 3.63) is 12.3 Å². The third-order valence-electron chi connectivity index (χ3n) is 2.82. The number of rotatable bonds is 7. The first-order valence-electron chi connectivity index (χ1n) is 6.25. The first-order chi connectivity index (χ1) is 9.56. The van der Waals surface area contributed by atoms with Gasteiger partial charge in [0.05, 0.1) is 12.6 Å². The zero-order chi connectivity index (χ0) is 15.0. The van der Waals surface area contributed by atoms with Crippen LogP contribution in [0.4, 0.5) is 0 Å². The normalized spacial score (nSPS) is 23.0. The molecule has 0 bridgehead atoms. The van der Waals surface area contributed by atoms with Crippen LogP contribution in [0.25, 0.3) is 0 Å². The second-order valence-corrected chi connectivity index (χ2v) is 4.32. The van der Waals surface area contributed by atoms with Crippen LogP contribution in [0.1, 0.15) is 12.8 Å². The van der Waals surface area contributed by atoms with Crippen molar-refractivity contribution < 1.29 is 19.1 Å². The summed E-state index contributed by atoms with van der Waals surface area (Å²) in [5, 5.41) is 0. The number of carbonyl (C=O) groups excluding carboxylic acids is 2. The molecule has 8 nitrogen and oxygen atoms in total. The number of hydrogen-bond acceptors (Lipinski definition) is 6. The minimum absolute atomic E-state index is 0.123. The van der Waals surface area contributed by atoms with Crippen LogP contribution >= 0.6 is 0 Å². The first-order valence-corrected chi connectivity index (χ1v) is 6.25. The van der Waals surface area contributed by atoms with Crippen molar-refractivity contribution in [3.8, 4) is 0 Å². The second-order valence-electron chi connectivity index (χ2n) is 4.32. The van der Waals surface area contributed by atoms with E-state index in [9.17, 15) is 9.59 Å². The van der Waals surface area contributed by atoms with Crippen LogP contribution in [0, 0.1) is 0 Å². The van der Waals surface area contributed by atoms with Crippen molar-refractivity contribution in [1.82, 2.24) is 4.90 Å². The Balaban J connectivity index is 2.37. The fourth-order valence-electron chi connectivity index (χ4n) is 1.75. The number of carbonyl (C=O) groups is 2. The summed E-state index contributed by atoms with van der Waals surface area (Å²) in [6.07, 6.45) is 4.91. The SMILES string of the molecule is CN(/C=C\C(N)=NC=O)C1CCC(COC(=O)CN)O1. The molecule has 0 aliphatic carbocycles. The Kier molecular flexibility index (Phi) is 6.68. The van der Waals surface area contributed by atoms with Crippen molar-refractivity contribution in [2.45, 2.75) is 25.2 Å². The van der Waals surface area contributed by atoms with E-state index >= 15 is 0 Å². The van der Waals surface area contributed by atoms with E-state index < -0.39 is 5.97 Å². The molecule has 0 radical (unpaired) electrons. The quantitative estimate of drug-likeness (QED) is 0.265. The molecule has 1 saturated heterocycles. The van der Waals surface area contributed by atoms with Gasteiger partial charge in [0.1, 0.15) is 18.7 Å². The lowest BCUT2D eigenvalue weighted by Gasteiger charge is -2.22. The third-order valence-corrected chi connectivity index (χ3v) is 2.82. The molecule has 1 aliphatic heterocycles. The highest BCUT2D eigenvalue weighted by atomic mass is 16.6. The molecule has 0 aromatic heterocycles. The lowest BCUT2D eigenvalue weighted by molar-refractivity contribution is -0.147. The van der Waals surface area contributed by atoms with Gasteiger partial charge in [-0.1, -0.05) is 0 Å². The highest BCUT2D eigenvalue weighted by Gasteiger charge is 2.27. The Morgan fingerprint density at radius 3 is 2.95 bits per heavy atom. The van der Waals surface area contributed by atoms with Crippen LogP contribution in [-0.4, -0.2) is 55.6 Å². The Labute approximate surface area is 117 Å². The number of amides is 1. The van der Waals surface area contributed by atoms with E-state index in [0.29, 0.717) is 6.41 Å². The van der Waals surface area contributed by atoms with Crippen LogP contribution in [0.5, 0.6) is 0 Å². The molecule has 1 amide bonds. The summed E-state index contributed by atoms with van der Waals surface area (Å²) in [7, 11) is 1.82. The average molecular weight is 284 g/mol. The Morgan fingerprint density at radius 2 is 2.30 bits per heavy atom. The van der Waals surface area contributed by atoms with Crippen LogP contribution < -0.4 is 11.5 Å². The van der Waals surface area contributed by atoms with E-state index in [4.69, 9.17) is 20.9 Å². The Bertz CT molecular complexity index is 397. The second kappa shape index (κ2) is 8.28. The summed E-state index contributed by atoms with van der Waals surface area (Å²) in [5.41, 5.74) is 10.6. The van der Waals surface area contributed by atoms with E-state index in [2.05, 4.69) is 4.99 Å². The van der Waals surface area contributed by atoms with Gasteiger partial charge in [0, 0.05) is 13.2 Å². The molecular formula is C12H20N4O4. The van der Waals surface area contributed by atoms with Gasteiger partial charge >= 0.3 is 5.97 Å². The molecule has 4 N–H and O–H groups in total. The number of amidine groups is 1. The maximum atomic E-state index is 10.9. The molecule has 1 aliphatic rings. The Hall–Kier alpha value is -1.93. The van der Waals surface area contributed by atoms with E-state index in [-0.39, 0.29) is 31.3 Å². The van der Waals surface area contributed by atoms with Gasteiger partial charge < -0.3 is 25.8 Å². The zero-order valence-corrected chi connectivity index (χ0v) is 11.4. The summed E-state index contributed by atoms with van der Waals surface area (Å²) < 4.78 is 10.6. The molecule has 2 unspecified atom stereocenters. The number of hydrogen-bond donors (Lipinski definition) is 2. The molecule has 0 spiro atoms. The lowest BCUT2D eigenvalue weighted by atomic mass is 10.2. The first kappa shape index (κ1) is 16.1. The predicted octanol–water partition coefficient (Wildman–Crippen LogP) is -1.05. The van der Waals surface area contributed by atoms with E-state index in [1.165, 1.54) is 6.08 Å². The molecule has 112 valence electrons. The zero-order valence-electron chi connectivity index (χ0n) is 11.4. The summed E-state index contributed by atoms with van der Waals surface area (Å²) in [5.74, 6) is -0.318. The van der Waals surface area contributed by atoms with Crippen LogP contribution in [0.2, 0.25) is 0 Å². The molecule has 8 heteroatoms. The maximum absolute atomic E-state index is 10.9. The minimum atomic E-state index is -0.442. The van der Waals surface area contributed by atoms with Gasteiger partial charge in [0.2, 0.25) is 6.41 Å². The van der Waals surface area contributed by atoms with Gasteiger partial charge in [-0.2, -0.15) is 4.99 Å². The fourth-order valence-corrected chi connectivity index (χ4v) is 1.75. The molecule has 0 saturated carbocycles. The number of ether oxygens (including phenoxy) is 2. The lowest BCUT2D eigenvalue weighted by Crippen LogP contribution is -2.29. The topological polar surface area (TPSA) is 120 Å². The number of esters is 1. The summed E-state index contributed by atoms with van der Waals surface area (Å²) in [4.78, 5) is 26.3. The van der Waals surface area contributed by atoms with Crippen LogP contribution in [0.3, 0.4) is 0 Å². The van der Waals surface area contributed by atoms with E-state index in [1.807, 2.05) is 11.9 Å². The highest BCUT2D eigenvalue weighted by molar-refractivity contribution is 5.95. The molecule has 0 aromatic carbocycles. The van der Waals surface area contributed by atoms with Crippen molar-refractivity contribution in [3.63, 3.8) is 0 Å². The standard InChI is InChI=1S/C12H20N4O4/c1-16(5-4-10(14)15-8-17)11-3-2-9(20-11)7-19-12(18)6-13/h4-5,8-9,11H,2-3,6-7,13H2,1H3,(H2,14,15,17)/b5-4-. The smallest absolute Gasteiger partial charge is 0.319 e. The monoisotopic (exact) mass is 284 g/mol. The highest BCUT2D eigenvalue weighted by Crippen LogP contribution is 2.22. The van der Waals surface area contributed by atoms with Gasteiger partial charge in [0.15, 0.2) is 0 Å². The molecule has 1 heterocycles. The van der Waals surface area contributed by atoms with Gasteiger partial charge in [-0.05, 0) is 18.9 Å². The van der Waals surface area contributed by atoms with Crippen molar-refractivity contribution >= 4 is 18.2 Å². The van der Waals surface area contributed by atoms with Crippen LogP contribution in [-0.2, 0) is 19.1 Å². The molecule has 0 aromatic rings. The molecule has 2 atom stereocenters. The number of nitrogens with zero attached hydrogens (tertiary/aromatic N) is 2. The molecule has 1 rings (SSSR count). The molecular weight excluding hydrogens is 264 g/mol. The van der Waals surface area contributed by atoms with E-state index in [0.717, 1.165) is 12.8 Å². The maximum Gasteiger partial charge on any atom is 0.319 e. The van der Waals surface area contributed by atoms with E-state index in [1.54, 1.807) is 6.20 Å². The molecule has 20 heavy (non-hydrogen) atoms. The van der Waals surface area contributed by atoms with Crippen LogP contribution in [0.15, 0.2) is 17.3 Å². The van der Waals surface area contributed by atoms with Gasteiger partial charge in [-0.25, -0.2) is 0 Å². The van der Waals surface area contributed by atoms with Gasteiger partial charge in [-0.15, -0.1) is 0 Å². The number of aliphatic imine (C=N–C) groups is 1. The summed E-state index contributed by atoms with van der Waals surface area (Å²) in [6.45, 7) is 0.0763. The van der Waals surface area contributed by atoms with Gasteiger partial charge in [-0.3, -0.25) is 9.59 Å². The minimum Gasteiger partial charge on any atom is -0.462 e. The van der Waals surface area contributed by atoms with Crippen molar-refractivity contribution in [1.29, 1.82) is 0 Å². The molecule has 1 fully saturated rings. The number of nitrogens with two attached hydrogens (primary N) is 2. The average Bonchev–Trinajstić information content (AvgIpc) is 2.91. The Morgan fingerprint density at radius 1 is 1.55 bits per heavy atom. The predicted molar refractivity (Wildman–Crippen MR) is 72.5 cm³/mol. The third kappa shape index (κ3) is 5.37. The largest absolute Gasteiger partial charge is 0.462 e. The fraction of sp³-hybridized carbons (Fsp3) is 0.583. The van der Waals surface area contributed by atoms with Crippen molar-refractivity contribution in [2.24, 2.45) is 16.5 Å². The summed E-state index contributed by atoms with van der Waals surface area (Å²) >= 11 is 0. The summed E-state index contributed by atoms with van der Waals surface area (Å²) in [6, 6.07) is 0. The van der Waals surface area contributed by atoms with Crippen molar-refractivity contribution in [2.75, 3.05) is 20.2 Å².